The maximum atomic E-state index is 5.82. The Morgan fingerprint density at radius 2 is 2.00 bits per heavy atom. The van der Waals surface area contributed by atoms with Crippen molar-refractivity contribution in [1.82, 2.24) is 20.5 Å². The molecule has 2 N–H and O–H groups in total. The molecular formula is C23H40N6O. The first-order valence-corrected chi connectivity index (χ1v) is 11.6. The van der Waals surface area contributed by atoms with Gasteiger partial charge in [0.2, 0.25) is 0 Å². The fraction of sp³-hybridized carbons (Fsp3) is 0.739. The van der Waals surface area contributed by atoms with Gasteiger partial charge in [-0.15, -0.1) is 0 Å². The van der Waals surface area contributed by atoms with Crippen molar-refractivity contribution in [3.63, 3.8) is 0 Å². The van der Waals surface area contributed by atoms with Crippen molar-refractivity contribution in [2.75, 3.05) is 44.7 Å². The van der Waals surface area contributed by atoms with Crippen LogP contribution in [-0.2, 0) is 11.3 Å². The number of nitrogens with one attached hydrogen (secondary N) is 2. The fourth-order valence-electron chi connectivity index (χ4n) is 4.61. The van der Waals surface area contributed by atoms with E-state index < -0.39 is 0 Å². The van der Waals surface area contributed by atoms with Crippen molar-refractivity contribution >= 4 is 11.8 Å². The molecule has 1 aromatic heterocycles. The third kappa shape index (κ3) is 6.57. The molecule has 2 aliphatic heterocycles. The molecule has 3 heterocycles. The molecule has 7 nitrogen and oxygen atoms in total. The Balaban J connectivity index is 1.42. The maximum Gasteiger partial charge on any atom is 0.191 e. The number of piperidine rings is 1. The minimum absolute atomic E-state index is 0.240. The molecule has 0 bridgehead atoms. The van der Waals surface area contributed by atoms with Gasteiger partial charge >= 0.3 is 0 Å². The topological polar surface area (TPSA) is 65.0 Å². The van der Waals surface area contributed by atoms with Crippen molar-refractivity contribution in [1.29, 1.82) is 0 Å². The summed E-state index contributed by atoms with van der Waals surface area (Å²) < 4.78 is 5.82. The van der Waals surface area contributed by atoms with Crippen LogP contribution in [0.5, 0.6) is 0 Å². The van der Waals surface area contributed by atoms with E-state index in [-0.39, 0.29) is 12.2 Å². The summed E-state index contributed by atoms with van der Waals surface area (Å²) >= 11 is 0. The second kappa shape index (κ2) is 11.5. The molecule has 3 unspecified atom stereocenters. The van der Waals surface area contributed by atoms with Crippen molar-refractivity contribution in [2.45, 2.75) is 71.2 Å². The van der Waals surface area contributed by atoms with Crippen LogP contribution in [0.4, 0.5) is 5.82 Å². The zero-order valence-electron chi connectivity index (χ0n) is 19.2. The molecule has 0 aromatic carbocycles. The highest BCUT2D eigenvalue weighted by atomic mass is 16.5. The van der Waals surface area contributed by atoms with Gasteiger partial charge in [0.05, 0.1) is 12.2 Å². The summed E-state index contributed by atoms with van der Waals surface area (Å²) in [6, 6.07) is 5.00. The van der Waals surface area contributed by atoms with Gasteiger partial charge in [-0.3, -0.25) is 9.89 Å². The fourth-order valence-corrected chi connectivity index (χ4v) is 4.61. The second-order valence-corrected chi connectivity index (χ2v) is 8.63. The van der Waals surface area contributed by atoms with Gasteiger partial charge in [-0.1, -0.05) is 19.4 Å². The largest absolute Gasteiger partial charge is 0.372 e. The van der Waals surface area contributed by atoms with Crippen molar-refractivity contribution in [3.05, 3.63) is 23.9 Å². The highest BCUT2D eigenvalue weighted by Gasteiger charge is 2.23. The summed E-state index contributed by atoms with van der Waals surface area (Å²) in [5, 5.41) is 6.87. The Labute approximate surface area is 182 Å². The highest BCUT2D eigenvalue weighted by Crippen LogP contribution is 2.19. The lowest BCUT2D eigenvalue weighted by Gasteiger charge is -2.36. The molecule has 2 saturated heterocycles. The maximum absolute atomic E-state index is 5.82. The summed E-state index contributed by atoms with van der Waals surface area (Å²) in [6.07, 6.45) is 7.73. The molecule has 1 aromatic rings. The summed E-state index contributed by atoms with van der Waals surface area (Å²) in [7, 11) is 1.83. The number of ether oxygens (including phenoxy) is 1. The van der Waals surface area contributed by atoms with Gasteiger partial charge in [-0.05, 0) is 51.3 Å². The predicted molar refractivity (Wildman–Crippen MR) is 124 cm³/mol. The van der Waals surface area contributed by atoms with E-state index in [9.17, 15) is 0 Å². The molecule has 168 valence electrons. The van der Waals surface area contributed by atoms with Crippen molar-refractivity contribution in [3.8, 4) is 0 Å². The smallest absolute Gasteiger partial charge is 0.191 e. The van der Waals surface area contributed by atoms with Crippen LogP contribution in [0.2, 0.25) is 0 Å². The van der Waals surface area contributed by atoms with Gasteiger partial charge in [-0.2, -0.15) is 0 Å². The first-order chi connectivity index (χ1) is 14.6. The number of aromatic nitrogens is 1. The molecule has 3 atom stereocenters. The molecule has 7 heteroatoms. The molecule has 2 aliphatic rings. The van der Waals surface area contributed by atoms with E-state index in [1.807, 2.05) is 13.2 Å². The summed E-state index contributed by atoms with van der Waals surface area (Å²) in [5.41, 5.74) is 1.15. The Morgan fingerprint density at radius 1 is 1.20 bits per heavy atom. The standard InChI is InChI=1S/C23H40N6O/c1-5-21-8-6-7-12-28(21)13-11-25-23(24-4)27-15-20-9-10-22(26-14-20)29-16-18(2)30-19(3)17-29/h9-10,14,18-19,21H,5-8,11-13,15-17H2,1-4H3,(H2,24,25,27). The minimum atomic E-state index is 0.240. The molecule has 2 fully saturated rings. The molecular weight excluding hydrogens is 376 g/mol. The van der Waals surface area contributed by atoms with Crippen LogP contribution < -0.4 is 15.5 Å². The number of morpholine rings is 1. The van der Waals surface area contributed by atoms with Crippen molar-refractivity contribution in [2.24, 2.45) is 4.99 Å². The number of rotatable bonds is 7. The molecule has 0 spiro atoms. The third-order valence-corrected chi connectivity index (χ3v) is 6.15. The highest BCUT2D eigenvalue weighted by molar-refractivity contribution is 5.79. The first-order valence-electron chi connectivity index (χ1n) is 11.6. The average molecular weight is 417 g/mol. The Hall–Kier alpha value is -1.86. The summed E-state index contributed by atoms with van der Waals surface area (Å²) in [4.78, 5) is 14.0. The van der Waals surface area contributed by atoms with E-state index >= 15 is 0 Å². The lowest BCUT2D eigenvalue weighted by Crippen LogP contribution is -2.46. The van der Waals surface area contributed by atoms with E-state index in [1.54, 1.807) is 0 Å². The van der Waals surface area contributed by atoms with E-state index in [0.717, 1.165) is 49.6 Å². The molecule has 0 amide bonds. The van der Waals surface area contributed by atoms with Crippen LogP contribution in [-0.4, -0.2) is 73.9 Å². The van der Waals surface area contributed by atoms with E-state index in [2.05, 4.69) is 63.3 Å². The van der Waals surface area contributed by atoms with E-state index in [1.165, 1.54) is 32.2 Å². The number of likely N-dealkylation sites (tertiary alicyclic amines) is 1. The molecule has 0 radical (unpaired) electrons. The number of nitrogens with zero attached hydrogens (tertiary/aromatic N) is 4. The lowest BCUT2D eigenvalue weighted by atomic mass is 10.0. The van der Waals surface area contributed by atoms with Crippen LogP contribution in [0.15, 0.2) is 23.3 Å². The number of pyridine rings is 1. The average Bonchev–Trinajstić information content (AvgIpc) is 2.76. The summed E-state index contributed by atoms with van der Waals surface area (Å²) in [6.45, 7) is 12.3. The molecule has 0 saturated carbocycles. The van der Waals surface area contributed by atoms with Gasteiger partial charge in [0, 0.05) is 52.0 Å². The van der Waals surface area contributed by atoms with Crippen LogP contribution in [0.1, 0.15) is 52.0 Å². The monoisotopic (exact) mass is 416 g/mol. The Kier molecular flexibility index (Phi) is 8.75. The van der Waals surface area contributed by atoms with Crippen molar-refractivity contribution < 1.29 is 4.74 Å². The number of guanidine groups is 1. The molecule has 3 rings (SSSR count). The van der Waals surface area contributed by atoms with E-state index in [4.69, 9.17) is 4.74 Å². The summed E-state index contributed by atoms with van der Waals surface area (Å²) in [5.74, 6) is 1.87. The molecule has 0 aliphatic carbocycles. The first kappa shape index (κ1) is 22.8. The van der Waals surface area contributed by atoms with Gasteiger partial charge in [0.15, 0.2) is 5.96 Å². The minimum Gasteiger partial charge on any atom is -0.372 e. The van der Waals surface area contributed by atoms with Gasteiger partial charge in [-0.25, -0.2) is 4.98 Å². The lowest BCUT2D eigenvalue weighted by molar-refractivity contribution is -0.00545. The number of anilines is 1. The zero-order chi connectivity index (χ0) is 21.3. The SMILES string of the molecule is CCC1CCCCN1CCNC(=NC)NCc1ccc(N2CC(C)OC(C)C2)nc1. The van der Waals surface area contributed by atoms with Crippen LogP contribution in [0, 0.1) is 0 Å². The Bertz CT molecular complexity index is 654. The van der Waals surface area contributed by atoms with E-state index in [0.29, 0.717) is 6.54 Å². The number of hydrogen-bond donors (Lipinski definition) is 2. The van der Waals surface area contributed by atoms with Gasteiger partial charge < -0.3 is 20.3 Å². The van der Waals surface area contributed by atoms with Gasteiger partial charge in [0.1, 0.15) is 5.82 Å². The zero-order valence-corrected chi connectivity index (χ0v) is 19.2. The number of aliphatic imine (C=N–C) groups is 1. The second-order valence-electron chi connectivity index (χ2n) is 8.63. The van der Waals surface area contributed by atoms with Gasteiger partial charge in [0.25, 0.3) is 0 Å². The predicted octanol–water partition coefficient (Wildman–Crippen LogP) is 2.62. The normalized spacial score (nSPS) is 25.9. The van der Waals surface area contributed by atoms with Crippen LogP contribution in [0.3, 0.4) is 0 Å². The quantitative estimate of drug-likeness (QED) is 0.526. The number of hydrogen-bond acceptors (Lipinski definition) is 5. The Morgan fingerprint density at radius 3 is 2.67 bits per heavy atom. The molecule has 30 heavy (non-hydrogen) atoms. The van der Waals surface area contributed by atoms with Crippen LogP contribution >= 0.6 is 0 Å². The third-order valence-electron chi connectivity index (χ3n) is 6.15. The van der Waals surface area contributed by atoms with Crippen LogP contribution in [0.25, 0.3) is 0 Å².